The zero-order valence-electron chi connectivity index (χ0n) is 11.0. The summed E-state index contributed by atoms with van der Waals surface area (Å²) >= 11 is 1.88. The maximum absolute atomic E-state index is 12.3. The van der Waals surface area contributed by atoms with Crippen LogP contribution in [0.5, 0.6) is 0 Å². The molecule has 1 aliphatic heterocycles. The Bertz CT molecular complexity index is 525. The van der Waals surface area contributed by atoms with E-state index in [9.17, 15) is 4.79 Å². The molecule has 0 saturated carbocycles. The van der Waals surface area contributed by atoms with Crippen molar-refractivity contribution in [2.45, 2.75) is 19.4 Å². The minimum Gasteiger partial charge on any atom is -0.348 e. The first-order valence-corrected chi connectivity index (χ1v) is 7.54. The molecule has 0 radical (unpaired) electrons. The molecule has 0 bridgehead atoms. The number of thioether (sulfide) groups is 1. The Morgan fingerprint density at radius 1 is 1.58 bits per heavy atom. The maximum Gasteiger partial charge on any atom is 0.252 e. The summed E-state index contributed by atoms with van der Waals surface area (Å²) in [4.78, 5) is 12.3. The molecule has 1 heterocycles. The normalized spacial score (nSPS) is 17.7. The second-order valence-electron chi connectivity index (χ2n) is 4.59. The molecule has 3 nitrogen and oxygen atoms in total. The first-order chi connectivity index (χ1) is 9.20. The Morgan fingerprint density at radius 3 is 3.11 bits per heavy atom. The van der Waals surface area contributed by atoms with Gasteiger partial charge in [-0.25, -0.2) is 0 Å². The minimum absolute atomic E-state index is 0.0335. The van der Waals surface area contributed by atoms with Crippen LogP contribution in [0.2, 0.25) is 0 Å². The zero-order valence-corrected chi connectivity index (χ0v) is 11.8. The van der Waals surface area contributed by atoms with Gasteiger partial charge in [0.25, 0.3) is 5.91 Å². The minimum atomic E-state index is -0.0335. The van der Waals surface area contributed by atoms with Gasteiger partial charge in [-0.3, -0.25) is 4.79 Å². The summed E-state index contributed by atoms with van der Waals surface area (Å²) in [6.45, 7) is 2.29. The van der Waals surface area contributed by atoms with Crippen LogP contribution in [0.15, 0.2) is 18.2 Å². The largest absolute Gasteiger partial charge is 0.348 e. The molecule has 100 valence electrons. The molecular weight excluding hydrogens is 256 g/mol. The van der Waals surface area contributed by atoms with Gasteiger partial charge in [-0.1, -0.05) is 17.9 Å². The number of nitrogens with one attached hydrogen (secondary N) is 1. The van der Waals surface area contributed by atoms with E-state index in [1.165, 1.54) is 0 Å². The SMILES string of the molecule is Cc1ccc(C(=O)NC2CCSC2)c(C#CCN)c1. The molecule has 1 atom stereocenters. The molecule has 0 spiro atoms. The second-order valence-corrected chi connectivity index (χ2v) is 5.74. The molecule has 0 aromatic heterocycles. The molecule has 1 aromatic carbocycles. The van der Waals surface area contributed by atoms with Gasteiger partial charge in [0.15, 0.2) is 0 Å². The Balaban J connectivity index is 2.19. The van der Waals surface area contributed by atoms with E-state index >= 15 is 0 Å². The highest BCUT2D eigenvalue weighted by molar-refractivity contribution is 7.99. The zero-order chi connectivity index (χ0) is 13.7. The van der Waals surface area contributed by atoms with Crippen molar-refractivity contribution in [2.75, 3.05) is 18.1 Å². The Kier molecular flexibility index (Phi) is 4.89. The molecule has 1 fully saturated rings. The molecule has 1 unspecified atom stereocenters. The van der Waals surface area contributed by atoms with E-state index in [0.717, 1.165) is 29.1 Å². The van der Waals surface area contributed by atoms with Crippen molar-refractivity contribution >= 4 is 17.7 Å². The van der Waals surface area contributed by atoms with Crippen LogP contribution in [-0.2, 0) is 0 Å². The van der Waals surface area contributed by atoms with Crippen LogP contribution in [0.1, 0.15) is 27.9 Å². The third kappa shape index (κ3) is 3.76. The van der Waals surface area contributed by atoms with Gasteiger partial charge >= 0.3 is 0 Å². The van der Waals surface area contributed by atoms with Crippen molar-refractivity contribution in [3.8, 4) is 11.8 Å². The Hall–Kier alpha value is -1.44. The lowest BCUT2D eigenvalue weighted by atomic mass is 10.0. The summed E-state index contributed by atoms with van der Waals surface area (Å²) in [6.07, 6.45) is 1.05. The van der Waals surface area contributed by atoms with Crippen LogP contribution >= 0.6 is 11.8 Å². The first kappa shape index (κ1) is 14.0. The number of nitrogens with two attached hydrogens (primary N) is 1. The van der Waals surface area contributed by atoms with E-state index in [0.29, 0.717) is 12.1 Å². The summed E-state index contributed by atoms with van der Waals surface area (Å²) in [6, 6.07) is 5.99. The Morgan fingerprint density at radius 2 is 2.42 bits per heavy atom. The molecule has 19 heavy (non-hydrogen) atoms. The number of carbonyl (C=O) groups excluding carboxylic acids is 1. The van der Waals surface area contributed by atoms with Crippen molar-refractivity contribution in [1.82, 2.24) is 5.32 Å². The van der Waals surface area contributed by atoms with Gasteiger partial charge in [0.1, 0.15) is 0 Å². The van der Waals surface area contributed by atoms with Crippen molar-refractivity contribution in [3.63, 3.8) is 0 Å². The fourth-order valence-corrected chi connectivity index (χ4v) is 3.17. The second kappa shape index (κ2) is 6.65. The van der Waals surface area contributed by atoms with Gasteiger partial charge in [0.2, 0.25) is 0 Å². The average Bonchev–Trinajstić information content (AvgIpc) is 2.89. The van der Waals surface area contributed by atoms with Gasteiger partial charge in [-0.05, 0) is 36.8 Å². The summed E-state index contributed by atoms with van der Waals surface area (Å²) in [7, 11) is 0. The van der Waals surface area contributed by atoms with Gasteiger partial charge in [0.05, 0.1) is 12.1 Å². The van der Waals surface area contributed by atoms with Crippen LogP contribution < -0.4 is 11.1 Å². The fourth-order valence-electron chi connectivity index (χ4n) is 2.02. The number of rotatable bonds is 2. The summed E-state index contributed by atoms with van der Waals surface area (Å²) < 4.78 is 0. The van der Waals surface area contributed by atoms with Crippen LogP contribution in [0.3, 0.4) is 0 Å². The van der Waals surface area contributed by atoms with Crippen LogP contribution in [-0.4, -0.2) is 30.0 Å². The molecular formula is C15H18N2OS. The lowest BCUT2D eigenvalue weighted by molar-refractivity contribution is 0.0941. The van der Waals surface area contributed by atoms with E-state index in [1.54, 1.807) is 0 Å². The van der Waals surface area contributed by atoms with Gasteiger partial charge in [-0.15, -0.1) is 0 Å². The van der Waals surface area contributed by atoms with E-state index in [-0.39, 0.29) is 11.9 Å². The third-order valence-electron chi connectivity index (χ3n) is 3.01. The lowest BCUT2D eigenvalue weighted by Gasteiger charge is -2.12. The summed E-state index contributed by atoms with van der Waals surface area (Å²) in [5.74, 6) is 7.88. The molecule has 0 aliphatic carbocycles. The van der Waals surface area contributed by atoms with Crippen LogP contribution in [0.4, 0.5) is 0 Å². The highest BCUT2D eigenvalue weighted by Gasteiger charge is 2.19. The summed E-state index contributed by atoms with van der Waals surface area (Å²) in [5, 5.41) is 3.07. The highest BCUT2D eigenvalue weighted by Crippen LogP contribution is 2.18. The maximum atomic E-state index is 12.3. The predicted molar refractivity (Wildman–Crippen MR) is 80.3 cm³/mol. The molecule has 2 rings (SSSR count). The average molecular weight is 274 g/mol. The van der Waals surface area contributed by atoms with Crippen molar-refractivity contribution in [3.05, 3.63) is 34.9 Å². The molecule has 1 saturated heterocycles. The monoisotopic (exact) mass is 274 g/mol. The number of hydrogen-bond donors (Lipinski definition) is 2. The number of hydrogen-bond acceptors (Lipinski definition) is 3. The van der Waals surface area contributed by atoms with Crippen molar-refractivity contribution < 1.29 is 4.79 Å². The smallest absolute Gasteiger partial charge is 0.252 e. The van der Waals surface area contributed by atoms with Gasteiger partial charge in [0, 0.05) is 17.4 Å². The summed E-state index contributed by atoms with van der Waals surface area (Å²) in [5.41, 5.74) is 7.89. The molecule has 3 N–H and O–H groups in total. The van der Waals surface area contributed by atoms with Crippen LogP contribution in [0, 0.1) is 18.8 Å². The predicted octanol–water partition coefficient (Wildman–Crippen LogP) is 1.54. The van der Waals surface area contributed by atoms with Gasteiger partial charge < -0.3 is 11.1 Å². The molecule has 1 aliphatic rings. The molecule has 4 heteroatoms. The molecule has 1 amide bonds. The van der Waals surface area contributed by atoms with E-state index in [2.05, 4.69) is 17.2 Å². The number of amides is 1. The Labute approximate surface area is 118 Å². The number of aryl methyl sites for hydroxylation is 1. The van der Waals surface area contributed by atoms with E-state index in [4.69, 9.17) is 5.73 Å². The number of carbonyl (C=O) groups is 1. The van der Waals surface area contributed by atoms with E-state index in [1.807, 2.05) is 36.9 Å². The fraction of sp³-hybridized carbons (Fsp3) is 0.400. The van der Waals surface area contributed by atoms with Crippen molar-refractivity contribution in [1.29, 1.82) is 0 Å². The molecule has 1 aromatic rings. The topological polar surface area (TPSA) is 55.1 Å². The van der Waals surface area contributed by atoms with Gasteiger partial charge in [-0.2, -0.15) is 11.8 Å². The standard InChI is InChI=1S/C15H18N2OS/c1-11-4-5-14(12(9-11)3-2-7-16)15(18)17-13-6-8-19-10-13/h4-5,9,13H,6-8,10,16H2,1H3,(H,17,18). The lowest BCUT2D eigenvalue weighted by Crippen LogP contribution is -2.35. The first-order valence-electron chi connectivity index (χ1n) is 6.39. The van der Waals surface area contributed by atoms with E-state index < -0.39 is 0 Å². The quantitative estimate of drug-likeness (QED) is 0.804. The number of benzene rings is 1. The van der Waals surface area contributed by atoms with Crippen molar-refractivity contribution in [2.24, 2.45) is 5.73 Å². The van der Waals surface area contributed by atoms with Crippen LogP contribution in [0.25, 0.3) is 0 Å². The highest BCUT2D eigenvalue weighted by atomic mass is 32.2. The third-order valence-corrected chi connectivity index (χ3v) is 4.17.